The molecule has 0 aliphatic rings. The van der Waals surface area contributed by atoms with Crippen molar-refractivity contribution in [2.24, 2.45) is 0 Å². The first kappa shape index (κ1) is 28.6. The van der Waals surface area contributed by atoms with Crippen molar-refractivity contribution < 1.29 is 54.7 Å². The van der Waals surface area contributed by atoms with Crippen LogP contribution in [0.4, 0.5) is 26.3 Å². The first-order chi connectivity index (χ1) is 17.8. The molecule has 3 rings (SSSR count). The van der Waals surface area contributed by atoms with Gasteiger partial charge >= 0.3 is 25.7 Å². The molecular weight excluding hydrogens is 541 g/mol. The molecule has 0 heterocycles. The summed E-state index contributed by atoms with van der Waals surface area (Å²) in [6.07, 6.45) is -10.6. The van der Waals surface area contributed by atoms with E-state index in [2.05, 4.69) is 0 Å². The molecule has 0 fully saturated rings. The number of carbonyl (C=O) groups excluding carboxylic acids is 2. The van der Waals surface area contributed by atoms with Crippen molar-refractivity contribution >= 4 is 24.4 Å². The minimum absolute atomic E-state index is 0.125. The highest BCUT2D eigenvalue weighted by Gasteiger charge is 2.45. The van der Waals surface area contributed by atoms with Crippen LogP contribution >= 0.6 is 7.80 Å². The zero-order valence-corrected chi connectivity index (χ0v) is 20.8. The highest BCUT2D eigenvalue weighted by atomic mass is 31.1. The molecule has 1 unspecified atom stereocenters. The number of hydrogen-bond donors (Lipinski definition) is 0. The molecule has 0 saturated carbocycles. The molecule has 200 valence electrons. The number of alkyl halides is 6. The van der Waals surface area contributed by atoms with Crippen LogP contribution in [0, 0.1) is 0 Å². The fourth-order valence-corrected chi connectivity index (χ4v) is 4.93. The van der Waals surface area contributed by atoms with Gasteiger partial charge in [-0.05, 0) is 24.3 Å². The van der Waals surface area contributed by atoms with Crippen LogP contribution in [0.25, 0.3) is 0 Å². The lowest BCUT2D eigenvalue weighted by atomic mass is 9.92. The predicted molar refractivity (Wildman–Crippen MR) is 124 cm³/mol. The Morgan fingerprint density at radius 1 is 0.711 bits per heavy atom. The van der Waals surface area contributed by atoms with Gasteiger partial charge in [-0.25, -0.2) is 4.79 Å². The van der Waals surface area contributed by atoms with Gasteiger partial charge in [0.15, 0.2) is 11.3 Å². The summed E-state index contributed by atoms with van der Waals surface area (Å²) in [5.41, 5.74) is -7.56. The van der Waals surface area contributed by atoms with Gasteiger partial charge in [0, 0.05) is 17.7 Å². The Balaban J connectivity index is 2.22. The number of methoxy groups -OCH3 is 3. The van der Waals surface area contributed by atoms with Crippen molar-refractivity contribution in [2.75, 3.05) is 21.3 Å². The zero-order chi connectivity index (χ0) is 28.4. The second kappa shape index (κ2) is 10.8. The van der Waals surface area contributed by atoms with Gasteiger partial charge in [-0.15, -0.1) is 0 Å². The van der Waals surface area contributed by atoms with Crippen LogP contribution in [0.3, 0.4) is 0 Å². The van der Waals surface area contributed by atoms with Crippen molar-refractivity contribution in [1.29, 1.82) is 0 Å². The Hall–Kier alpha value is -3.92. The van der Waals surface area contributed by atoms with E-state index in [9.17, 15) is 40.5 Å². The van der Waals surface area contributed by atoms with Crippen LogP contribution < -0.4 is 19.5 Å². The summed E-state index contributed by atoms with van der Waals surface area (Å²) in [6, 6.07) is 8.06. The number of ketones is 1. The molecule has 0 spiro atoms. The van der Waals surface area contributed by atoms with E-state index in [0.717, 1.165) is 18.2 Å². The molecule has 0 saturated heterocycles. The topological polar surface area (TPSA) is 78.9 Å². The number of benzene rings is 3. The second-order valence-corrected chi connectivity index (χ2v) is 9.05. The number of hydrogen-bond acceptors (Lipinski definition) is 6. The molecule has 0 aromatic heterocycles. The molecule has 0 N–H and O–H groups in total. The van der Waals surface area contributed by atoms with Gasteiger partial charge in [0.05, 0.1) is 38.0 Å². The van der Waals surface area contributed by atoms with Crippen molar-refractivity contribution in [3.8, 4) is 17.2 Å². The third-order valence-corrected chi connectivity index (χ3v) is 6.80. The van der Waals surface area contributed by atoms with Crippen molar-refractivity contribution in [1.82, 2.24) is 0 Å². The molecule has 0 aliphatic carbocycles. The number of halogens is 6. The van der Waals surface area contributed by atoms with Gasteiger partial charge in [0.1, 0.15) is 17.2 Å². The molecule has 3 aromatic carbocycles. The van der Waals surface area contributed by atoms with E-state index >= 15 is 0 Å². The van der Waals surface area contributed by atoms with Crippen LogP contribution in [0.2, 0.25) is 0 Å². The van der Waals surface area contributed by atoms with Gasteiger partial charge in [-0.2, -0.15) is 26.3 Å². The Kier molecular flexibility index (Phi) is 8.16. The number of carbonyl (C=O) groups is 2. The fraction of sp³-hybridized carbons (Fsp3) is 0.200. The first-order valence-corrected chi connectivity index (χ1v) is 11.7. The highest BCUT2D eigenvalue weighted by molar-refractivity contribution is 7.71. The first-order valence-electron chi connectivity index (χ1n) is 10.5. The largest absolute Gasteiger partial charge is 0.496 e. The maximum absolute atomic E-state index is 13.7. The summed E-state index contributed by atoms with van der Waals surface area (Å²) < 4.78 is 111. The predicted octanol–water partition coefficient (Wildman–Crippen LogP) is 6.27. The average molecular weight is 559 g/mol. The number of ether oxygens (including phenoxy) is 3. The summed E-state index contributed by atoms with van der Waals surface area (Å²) >= 11 is 0. The monoisotopic (exact) mass is 559 g/mol. The summed E-state index contributed by atoms with van der Waals surface area (Å²) in [7, 11) is 0.456. The van der Waals surface area contributed by atoms with Crippen molar-refractivity contribution in [3.05, 3.63) is 82.4 Å². The molecule has 0 amide bonds. The van der Waals surface area contributed by atoms with Crippen LogP contribution in [0.1, 0.15) is 37.4 Å². The van der Waals surface area contributed by atoms with Gasteiger partial charge in [-0.1, -0.05) is 22.8 Å². The lowest BCUT2D eigenvalue weighted by Crippen LogP contribution is -2.23. The van der Waals surface area contributed by atoms with E-state index in [1.165, 1.54) is 39.5 Å². The molecule has 0 aliphatic heterocycles. The minimum Gasteiger partial charge on any atom is -0.496 e. The van der Waals surface area contributed by atoms with E-state index in [1.54, 1.807) is 0 Å². The summed E-state index contributed by atoms with van der Waals surface area (Å²) in [4.78, 5) is 26.6. The van der Waals surface area contributed by atoms with Crippen molar-refractivity contribution in [2.45, 2.75) is 12.4 Å². The molecule has 3 aromatic rings. The molecule has 6 nitrogen and oxygen atoms in total. The van der Waals surface area contributed by atoms with E-state index in [-0.39, 0.29) is 22.8 Å². The Bertz CT molecular complexity index is 1360. The lowest BCUT2D eigenvalue weighted by molar-refractivity contribution is -0.143. The fourth-order valence-electron chi connectivity index (χ4n) is 3.67. The Morgan fingerprint density at radius 3 is 1.66 bits per heavy atom. The van der Waals surface area contributed by atoms with Gasteiger partial charge in [0.2, 0.25) is 5.30 Å². The average Bonchev–Trinajstić information content (AvgIpc) is 2.89. The van der Waals surface area contributed by atoms with E-state index in [1.807, 2.05) is 0 Å². The Labute approximate surface area is 212 Å². The summed E-state index contributed by atoms with van der Waals surface area (Å²) in [5, 5.41) is -0.567. The van der Waals surface area contributed by atoms with Crippen molar-refractivity contribution in [3.63, 3.8) is 0 Å². The molecule has 1 atom stereocenters. The summed E-state index contributed by atoms with van der Waals surface area (Å²) in [6.45, 7) is 0. The third-order valence-electron chi connectivity index (χ3n) is 5.38. The van der Waals surface area contributed by atoms with Gasteiger partial charge in [0.25, 0.3) is 0 Å². The SMILES string of the molecule is COc1cc(OC)c(C(=O)[P+](=O)c2ccccc2C(=O)c2c(C(F)(F)F)cccc2C(F)(F)F)c(OC)c1. The quantitative estimate of drug-likeness (QED) is 0.184. The van der Waals surface area contributed by atoms with Crippen LogP contribution in [0.5, 0.6) is 17.2 Å². The molecular formula is C25H18F6O6P+. The maximum atomic E-state index is 13.7. The second-order valence-electron chi connectivity index (χ2n) is 7.58. The maximum Gasteiger partial charge on any atom is 0.459 e. The Morgan fingerprint density at radius 2 is 1.21 bits per heavy atom. The van der Waals surface area contributed by atoms with E-state index in [0.29, 0.717) is 18.2 Å². The van der Waals surface area contributed by atoms with E-state index in [4.69, 9.17) is 14.2 Å². The van der Waals surface area contributed by atoms with Crippen LogP contribution in [-0.4, -0.2) is 32.6 Å². The smallest absolute Gasteiger partial charge is 0.459 e. The molecule has 38 heavy (non-hydrogen) atoms. The standard InChI is InChI=1S/C25H18F6O6P/c1-35-13-11-17(36-2)21(18(12-13)37-3)23(33)38(34)19-10-5-4-7-14(19)22(32)20-15(24(26,27)28)8-6-9-16(20)25(29,30)31/h4-12H,1-3H3/q+1. The molecule has 0 bridgehead atoms. The molecule has 13 heteroatoms. The van der Waals surface area contributed by atoms with Crippen LogP contribution in [-0.2, 0) is 16.9 Å². The minimum atomic E-state index is -5.32. The third kappa shape index (κ3) is 5.50. The zero-order valence-electron chi connectivity index (χ0n) is 19.9. The summed E-state index contributed by atoms with van der Waals surface area (Å²) in [5.74, 6) is -1.74. The highest BCUT2D eigenvalue weighted by Crippen LogP contribution is 2.43. The van der Waals surface area contributed by atoms with Gasteiger partial charge < -0.3 is 14.2 Å². The van der Waals surface area contributed by atoms with Gasteiger partial charge in [-0.3, -0.25) is 4.79 Å². The number of rotatable bonds is 8. The lowest BCUT2D eigenvalue weighted by Gasteiger charge is -2.18. The van der Waals surface area contributed by atoms with E-state index < -0.39 is 59.0 Å². The normalized spacial score (nSPS) is 12.1. The molecule has 0 radical (unpaired) electrons. The van der Waals surface area contributed by atoms with Crippen LogP contribution in [0.15, 0.2) is 54.6 Å².